The lowest BCUT2D eigenvalue weighted by atomic mass is 10.2. The molecule has 0 aromatic heterocycles. The lowest BCUT2D eigenvalue weighted by molar-refractivity contribution is -0.0498. The zero-order valence-electron chi connectivity index (χ0n) is 6.84. The summed E-state index contributed by atoms with van der Waals surface area (Å²) in [5, 5.41) is -0.00435. The minimum absolute atomic E-state index is 0.00435. The largest absolute Gasteiger partial charge is 0.433 e. The number of hydrogen-bond acceptors (Lipinski definition) is 2. The van der Waals surface area contributed by atoms with Gasteiger partial charge in [0.15, 0.2) is 0 Å². The van der Waals surface area contributed by atoms with Crippen molar-refractivity contribution in [3.8, 4) is 5.75 Å². The molecule has 1 amide bonds. The number of carbonyl (C=O) groups excluding carboxylic acids is 1. The first-order chi connectivity index (χ1) is 6.50. The summed E-state index contributed by atoms with van der Waals surface area (Å²) >= 11 is 5.53. The van der Waals surface area contributed by atoms with Crippen LogP contribution < -0.4 is 10.5 Å². The van der Waals surface area contributed by atoms with Gasteiger partial charge in [0.2, 0.25) is 5.91 Å². The molecular weight excluding hydrogens is 216 g/mol. The van der Waals surface area contributed by atoms with Gasteiger partial charge in [0, 0.05) is 5.56 Å². The van der Waals surface area contributed by atoms with Crippen molar-refractivity contribution in [2.75, 3.05) is 0 Å². The maximum Gasteiger partial charge on any atom is 0.387 e. The Labute approximate surface area is 83.4 Å². The number of amides is 1. The maximum absolute atomic E-state index is 11.8. The van der Waals surface area contributed by atoms with E-state index in [0.29, 0.717) is 0 Å². The highest BCUT2D eigenvalue weighted by Gasteiger charge is 2.10. The number of alkyl halides is 2. The molecule has 1 aromatic carbocycles. The summed E-state index contributed by atoms with van der Waals surface area (Å²) in [6.45, 7) is -2.99. The van der Waals surface area contributed by atoms with Gasteiger partial charge in [0.1, 0.15) is 5.75 Å². The van der Waals surface area contributed by atoms with Gasteiger partial charge in [-0.25, -0.2) is 0 Å². The van der Waals surface area contributed by atoms with Gasteiger partial charge >= 0.3 is 6.61 Å². The Kier molecular flexibility index (Phi) is 3.24. The molecule has 0 radical (unpaired) electrons. The molecule has 2 N–H and O–H groups in total. The molecule has 14 heavy (non-hydrogen) atoms. The summed E-state index contributed by atoms with van der Waals surface area (Å²) in [7, 11) is 0. The molecule has 0 aliphatic carbocycles. The SMILES string of the molecule is NC(=O)c1ccc(Cl)c(OC(F)F)c1. The van der Waals surface area contributed by atoms with Gasteiger partial charge in [0.05, 0.1) is 5.02 Å². The third kappa shape index (κ3) is 2.56. The zero-order valence-corrected chi connectivity index (χ0v) is 7.59. The second kappa shape index (κ2) is 4.23. The van der Waals surface area contributed by atoms with Crippen LogP contribution in [0.5, 0.6) is 5.75 Å². The van der Waals surface area contributed by atoms with Crippen LogP contribution in [0.1, 0.15) is 10.4 Å². The zero-order chi connectivity index (χ0) is 10.7. The van der Waals surface area contributed by atoms with Crippen molar-refractivity contribution in [2.24, 2.45) is 5.73 Å². The van der Waals surface area contributed by atoms with E-state index >= 15 is 0 Å². The highest BCUT2D eigenvalue weighted by Crippen LogP contribution is 2.26. The molecule has 0 fully saturated rings. The van der Waals surface area contributed by atoms with E-state index in [1.807, 2.05) is 0 Å². The number of hydrogen-bond donors (Lipinski definition) is 1. The van der Waals surface area contributed by atoms with Crippen LogP contribution >= 0.6 is 11.6 Å². The van der Waals surface area contributed by atoms with Gasteiger partial charge in [-0.2, -0.15) is 8.78 Å². The van der Waals surface area contributed by atoms with Crippen LogP contribution in [-0.2, 0) is 0 Å². The predicted octanol–water partition coefficient (Wildman–Crippen LogP) is 2.04. The molecule has 0 atom stereocenters. The lowest BCUT2D eigenvalue weighted by Gasteiger charge is -2.07. The Morgan fingerprint density at radius 3 is 2.64 bits per heavy atom. The average molecular weight is 222 g/mol. The van der Waals surface area contributed by atoms with Crippen molar-refractivity contribution in [1.29, 1.82) is 0 Å². The van der Waals surface area contributed by atoms with Gasteiger partial charge in [-0.05, 0) is 18.2 Å². The lowest BCUT2D eigenvalue weighted by Crippen LogP contribution is -2.11. The van der Waals surface area contributed by atoms with E-state index in [-0.39, 0.29) is 16.3 Å². The molecule has 0 heterocycles. The van der Waals surface area contributed by atoms with E-state index in [1.54, 1.807) is 0 Å². The number of halogens is 3. The molecular formula is C8H6ClF2NO2. The third-order valence-electron chi connectivity index (χ3n) is 1.43. The maximum atomic E-state index is 11.8. The highest BCUT2D eigenvalue weighted by molar-refractivity contribution is 6.32. The fourth-order valence-electron chi connectivity index (χ4n) is 0.843. The molecule has 0 spiro atoms. The number of nitrogens with two attached hydrogens (primary N) is 1. The normalized spacial score (nSPS) is 10.3. The number of benzene rings is 1. The first kappa shape index (κ1) is 10.7. The fraction of sp³-hybridized carbons (Fsp3) is 0.125. The van der Waals surface area contributed by atoms with Crippen molar-refractivity contribution >= 4 is 17.5 Å². The minimum Gasteiger partial charge on any atom is -0.433 e. The van der Waals surface area contributed by atoms with Crippen LogP contribution in [0.3, 0.4) is 0 Å². The quantitative estimate of drug-likeness (QED) is 0.849. The molecule has 1 rings (SSSR count). The van der Waals surface area contributed by atoms with Crippen molar-refractivity contribution in [3.63, 3.8) is 0 Å². The molecule has 0 aliphatic heterocycles. The van der Waals surface area contributed by atoms with Gasteiger partial charge in [-0.3, -0.25) is 4.79 Å². The van der Waals surface area contributed by atoms with E-state index in [4.69, 9.17) is 17.3 Å². The first-order valence-electron chi connectivity index (χ1n) is 3.55. The van der Waals surface area contributed by atoms with Gasteiger partial charge in [0.25, 0.3) is 0 Å². The van der Waals surface area contributed by atoms with Crippen LogP contribution in [0, 0.1) is 0 Å². The number of rotatable bonds is 3. The Morgan fingerprint density at radius 1 is 1.50 bits per heavy atom. The van der Waals surface area contributed by atoms with Crippen LogP contribution in [0.25, 0.3) is 0 Å². The van der Waals surface area contributed by atoms with E-state index in [0.717, 1.165) is 6.07 Å². The fourth-order valence-corrected chi connectivity index (χ4v) is 1.01. The van der Waals surface area contributed by atoms with Crippen molar-refractivity contribution in [1.82, 2.24) is 0 Å². The first-order valence-corrected chi connectivity index (χ1v) is 3.92. The summed E-state index contributed by atoms with van der Waals surface area (Å²) in [5.74, 6) is -1.00. The Hall–Kier alpha value is -1.36. The molecule has 6 heteroatoms. The van der Waals surface area contributed by atoms with Crippen LogP contribution in [-0.4, -0.2) is 12.5 Å². The van der Waals surface area contributed by atoms with E-state index in [1.165, 1.54) is 12.1 Å². The average Bonchev–Trinajstić information content (AvgIpc) is 2.07. The molecule has 0 aliphatic rings. The smallest absolute Gasteiger partial charge is 0.387 e. The molecule has 3 nitrogen and oxygen atoms in total. The summed E-state index contributed by atoms with van der Waals surface area (Å²) < 4.78 is 27.7. The topological polar surface area (TPSA) is 52.3 Å². The molecule has 0 bridgehead atoms. The summed E-state index contributed by atoms with van der Waals surface area (Å²) in [6, 6.07) is 3.65. The standard InChI is InChI=1S/C8H6ClF2NO2/c9-5-2-1-4(7(12)13)3-6(5)14-8(10)11/h1-3,8H,(H2,12,13). The van der Waals surface area contributed by atoms with Crippen LogP contribution in [0.4, 0.5) is 8.78 Å². The minimum atomic E-state index is -2.99. The van der Waals surface area contributed by atoms with Crippen LogP contribution in [0.15, 0.2) is 18.2 Å². The van der Waals surface area contributed by atoms with Gasteiger partial charge in [-0.1, -0.05) is 11.6 Å². The van der Waals surface area contributed by atoms with E-state index in [2.05, 4.69) is 4.74 Å². The van der Waals surface area contributed by atoms with Crippen molar-refractivity contribution in [3.05, 3.63) is 28.8 Å². The number of primary amides is 1. The predicted molar refractivity (Wildman–Crippen MR) is 46.6 cm³/mol. The molecule has 76 valence electrons. The van der Waals surface area contributed by atoms with Crippen molar-refractivity contribution < 1.29 is 18.3 Å². The summed E-state index contributed by atoms with van der Waals surface area (Å²) in [5.41, 5.74) is 5.00. The third-order valence-corrected chi connectivity index (χ3v) is 1.74. The van der Waals surface area contributed by atoms with Crippen LogP contribution in [0.2, 0.25) is 5.02 Å². The monoisotopic (exact) mass is 221 g/mol. The van der Waals surface area contributed by atoms with E-state index in [9.17, 15) is 13.6 Å². The Morgan fingerprint density at radius 2 is 2.14 bits per heavy atom. The second-order valence-electron chi connectivity index (χ2n) is 2.39. The molecule has 0 unspecified atom stereocenters. The molecule has 0 saturated heterocycles. The second-order valence-corrected chi connectivity index (χ2v) is 2.80. The Balaban J connectivity index is 3.02. The van der Waals surface area contributed by atoms with E-state index < -0.39 is 12.5 Å². The molecule has 0 saturated carbocycles. The van der Waals surface area contributed by atoms with Crippen molar-refractivity contribution in [2.45, 2.75) is 6.61 Å². The Bertz CT molecular complexity index is 357. The number of ether oxygens (including phenoxy) is 1. The summed E-state index contributed by atoms with van der Waals surface area (Å²) in [4.78, 5) is 10.7. The van der Waals surface area contributed by atoms with Gasteiger partial charge < -0.3 is 10.5 Å². The molecule has 1 aromatic rings. The summed E-state index contributed by atoms with van der Waals surface area (Å²) in [6.07, 6.45) is 0. The number of carbonyl (C=O) groups is 1. The highest BCUT2D eigenvalue weighted by atomic mass is 35.5. The van der Waals surface area contributed by atoms with Gasteiger partial charge in [-0.15, -0.1) is 0 Å².